The molecule has 1 aliphatic carbocycles. The fourth-order valence-electron chi connectivity index (χ4n) is 6.89. The third-order valence-corrected chi connectivity index (χ3v) is 9.07. The topological polar surface area (TPSA) is 83.1 Å². The summed E-state index contributed by atoms with van der Waals surface area (Å²) in [5.41, 5.74) is 7.87. The Balaban J connectivity index is 1.35. The van der Waals surface area contributed by atoms with Crippen molar-refractivity contribution in [3.63, 3.8) is 0 Å². The molecule has 1 amide bonds. The first-order valence-electron chi connectivity index (χ1n) is 15.6. The van der Waals surface area contributed by atoms with Crippen LogP contribution in [0.15, 0.2) is 24.3 Å². The SMILES string of the molecule is CC1=CCCc2cccc(N3CCc4c(nc(OC[C@@H]5CCCN5C)nc4C4CNCCN4C(=O)OC(C)(C)C)C3)c21. The molecule has 0 radical (unpaired) electrons. The molecule has 0 saturated carbocycles. The maximum Gasteiger partial charge on any atom is 0.410 e. The number of likely N-dealkylation sites (tertiary alicyclic amines) is 1. The van der Waals surface area contributed by atoms with Crippen molar-refractivity contribution in [3.05, 3.63) is 52.4 Å². The molecule has 42 heavy (non-hydrogen) atoms. The number of fused-ring (bicyclic) bond motifs is 2. The minimum absolute atomic E-state index is 0.247. The van der Waals surface area contributed by atoms with Crippen molar-refractivity contribution in [3.8, 4) is 6.01 Å². The Labute approximate surface area is 250 Å². The van der Waals surface area contributed by atoms with Crippen molar-refractivity contribution in [2.75, 3.05) is 51.3 Å². The molecule has 2 atom stereocenters. The molecule has 1 N–H and O–H groups in total. The van der Waals surface area contributed by atoms with Gasteiger partial charge in [-0.3, -0.25) is 4.90 Å². The number of benzene rings is 1. The number of nitrogens with one attached hydrogen (secondary N) is 1. The lowest BCUT2D eigenvalue weighted by Gasteiger charge is -2.39. The Morgan fingerprint density at radius 3 is 2.79 bits per heavy atom. The Bertz CT molecular complexity index is 1350. The molecule has 2 aromatic rings. The molecule has 1 aromatic carbocycles. The van der Waals surface area contributed by atoms with Gasteiger partial charge in [0, 0.05) is 49.0 Å². The number of carbonyl (C=O) groups is 1. The zero-order valence-electron chi connectivity index (χ0n) is 25.9. The summed E-state index contributed by atoms with van der Waals surface area (Å²) in [6.45, 7) is 13.1. The van der Waals surface area contributed by atoms with Gasteiger partial charge < -0.3 is 24.6 Å². The van der Waals surface area contributed by atoms with E-state index in [9.17, 15) is 4.79 Å². The number of aryl methyl sites for hydroxylation is 1. The summed E-state index contributed by atoms with van der Waals surface area (Å²) >= 11 is 0. The monoisotopic (exact) mass is 574 g/mol. The maximum atomic E-state index is 13.4. The molecule has 4 aliphatic rings. The van der Waals surface area contributed by atoms with Crippen LogP contribution in [0.4, 0.5) is 10.5 Å². The number of allylic oxidation sites excluding steroid dienone is 2. The number of hydrogen-bond acceptors (Lipinski definition) is 8. The maximum absolute atomic E-state index is 13.4. The van der Waals surface area contributed by atoms with Gasteiger partial charge in [0.05, 0.1) is 24.0 Å². The van der Waals surface area contributed by atoms with E-state index in [1.54, 1.807) is 0 Å². The molecule has 9 nitrogen and oxygen atoms in total. The molecule has 0 bridgehead atoms. The summed E-state index contributed by atoms with van der Waals surface area (Å²) in [5.74, 6) is 0. The molecule has 1 unspecified atom stereocenters. The third kappa shape index (κ3) is 5.99. The molecule has 9 heteroatoms. The lowest BCUT2D eigenvalue weighted by molar-refractivity contribution is 0.0111. The quantitative estimate of drug-likeness (QED) is 0.548. The van der Waals surface area contributed by atoms with E-state index in [2.05, 4.69) is 53.4 Å². The summed E-state index contributed by atoms with van der Waals surface area (Å²) < 4.78 is 12.2. The van der Waals surface area contributed by atoms with Crippen LogP contribution in [0, 0.1) is 0 Å². The number of carbonyl (C=O) groups excluding carboxylic acids is 1. The second-order valence-electron chi connectivity index (χ2n) is 13.2. The van der Waals surface area contributed by atoms with Crippen LogP contribution in [0.5, 0.6) is 6.01 Å². The first-order chi connectivity index (χ1) is 20.2. The Kier molecular flexibility index (Phi) is 8.16. The fraction of sp³-hybridized carbons (Fsp3) is 0.606. The van der Waals surface area contributed by atoms with Crippen molar-refractivity contribution < 1.29 is 14.3 Å². The third-order valence-electron chi connectivity index (χ3n) is 9.07. The van der Waals surface area contributed by atoms with Gasteiger partial charge in [-0.15, -0.1) is 0 Å². The second-order valence-corrected chi connectivity index (χ2v) is 13.2. The van der Waals surface area contributed by atoms with Crippen LogP contribution < -0.4 is 15.0 Å². The van der Waals surface area contributed by atoms with Gasteiger partial charge in [0.15, 0.2) is 0 Å². The first kappa shape index (κ1) is 28.9. The average Bonchev–Trinajstić information content (AvgIpc) is 3.38. The van der Waals surface area contributed by atoms with E-state index in [1.807, 2.05) is 25.7 Å². The zero-order valence-corrected chi connectivity index (χ0v) is 25.9. The number of nitrogens with zero attached hydrogens (tertiary/aromatic N) is 5. The van der Waals surface area contributed by atoms with Crippen LogP contribution in [0.25, 0.3) is 5.57 Å². The summed E-state index contributed by atoms with van der Waals surface area (Å²) in [4.78, 5) is 30.1. The van der Waals surface area contributed by atoms with Gasteiger partial charge in [-0.2, -0.15) is 9.97 Å². The van der Waals surface area contributed by atoms with Crippen LogP contribution >= 0.6 is 0 Å². The van der Waals surface area contributed by atoms with Gasteiger partial charge in [0.1, 0.15) is 12.2 Å². The molecule has 3 aliphatic heterocycles. The highest BCUT2D eigenvalue weighted by atomic mass is 16.6. The lowest BCUT2D eigenvalue weighted by Crippen LogP contribution is -2.51. The highest BCUT2D eigenvalue weighted by Crippen LogP contribution is 2.38. The number of hydrogen-bond donors (Lipinski definition) is 1. The average molecular weight is 575 g/mol. The summed E-state index contributed by atoms with van der Waals surface area (Å²) in [7, 11) is 2.15. The fourth-order valence-corrected chi connectivity index (χ4v) is 6.89. The number of ether oxygens (including phenoxy) is 2. The van der Waals surface area contributed by atoms with Crippen molar-refractivity contribution in [1.29, 1.82) is 0 Å². The number of likely N-dealkylation sites (N-methyl/N-ethyl adjacent to an activating group) is 1. The smallest absolute Gasteiger partial charge is 0.410 e. The minimum atomic E-state index is -0.568. The Morgan fingerprint density at radius 1 is 1.14 bits per heavy atom. The molecule has 6 rings (SSSR count). The van der Waals surface area contributed by atoms with E-state index in [-0.39, 0.29) is 12.1 Å². The van der Waals surface area contributed by atoms with Gasteiger partial charge in [0.25, 0.3) is 0 Å². The predicted octanol–water partition coefficient (Wildman–Crippen LogP) is 4.74. The van der Waals surface area contributed by atoms with E-state index in [0.29, 0.717) is 38.3 Å². The van der Waals surface area contributed by atoms with Gasteiger partial charge in [-0.05, 0) is 90.6 Å². The lowest BCUT2D eigenvalue weighted by atomic mass is 9.89. The number of anilines is 1. The number of amides is 1. The van der Waals surface area contributed by atoms with Crippen molar-refractivity contribution in [2.45, 2.75) is 84.0 Å². The molecule has 2 fully saturated rings. The molecular formula is C33H46N6O3. The first-order valence-corrected chi connectivity index (χ1v) is 15.6. The van der Waals surface area contributed by atoms with E-state index >= 15 is 0 Å². The van der Waals surface area contributed by atoms with Gasteiger partial charge >= 0.3 is 12.1 Å². The number of rotatable bonds is 5. The number of piperazine rings is 1. The van der Waals surface area contributed by atoms with E-state index in [0.717, 1.165) is 62.3 Å². The Morgan fingerprint density at radius 2 is 2.00 bits per heavy atom. The largest absolute Gasteiger partial charge is 0.462 e. The van der Waals surface area contributed by atoms with E-state index < -0.39 is 5.60 Å². The van der Waals surface area contributed by atoms with Crippen LogP contribution in [0.3, 0.4) is 0 Å². The molecule has 1 aromatic heterocycles. The van der Waals surface area contributed by atoms with Gasteiger partial charge in [-0.25, -0.2) is 4.79 Å². The van der Waals surface area contributed by atoms with Crippen molar-refractivity contribution in [1.82, 2.24) is 25.1 Å². The predicted molar refractivity (Wildman–Crippen MR) is 165 cm³/mol. The Hall–Kier alpha value is -3.17. The standard InChI is InChI=1S/C33H46N6O3/c1-22-9-6-10-23-11-7-13-27(29(22)23)38-17-14-25-26(20-38)35-31(41-21-24-12-8-16-37(24)5)36-30(25)28-19-34-15-18-39(28)32(40)42-33(2,3)4/h7,9,11,13,24,28,34H,6,8,10,12,14-21H2,1-5H3/t24-,28?/m0/s1. The van der Waals surface area contributed by atoms with Crippen molar-refractivity contribution in [2.24, 2.45) is 0 Å². The van der Waals surface area contributed by atoms with Gasteiger partial charge in [0.2, 0.25) is 0 Å². The highest BCUT2D eigenvalue weighted by molar-refractivity contribution is 5.80. The summed E-state index contributed by atoms with van der Waals surface area (Å²) in [5, 5.41) is 3.49. The van der Waals surface area contributed by atoms with E-state index in [4.69, 9.17) is 19.4 Å². The molecule has 0 spiro atoms. The van der Waals surface area contributed by atoms with Crippen LogP contribution in [0.1, 0.15) is 81.1 Å². The number of aromatic nitrogens is 2. The molecule has 226 valence electrons. The van der Waals surface area contributed by atoms with Crippen LogP contribution in [-0.2, 0) is 24.1 Å². The van der Waals surface area contributed by atoms with E-state index in [1.165, 1.54) is 28.8 Å². The summed E-state index contributed by atoms with van der Waals surface area (Å²) in [6.07, 6.45) is 7.35. The zero-order chi connectivity index (χ0) is 29.4. The molecule has 4 heterocycles. The second kappa shape index (κ2) is 11.8. The van der Waals surface area contributed by atoms with Crippen LogP contribution in [-0.4, -0.2) is 83.9 Å². The highest BCUT2D eigenvalue weighted by Gasteiger charge is 2.36. The molecular weight excluding hydrogens is 528 g/mol. The van der Waals surface area contributed by atoms with Gasteiger partial charge in [-0.1, -0.05) is 18.2 Å². The van der Waals surface area contributed by atoms with Crippen LogP contribution in [0.2, 0.25) is 0 Å². The minimum Gasteiger partial charge on any atom is -0.462 e. The normalized spacial score (nSPS) is 22.8. The molecule has 2 saturated heterocycles. The summed E-state index contributed by atoms with van der Waals surface area (Å²) in [6, 6.07) is 7.23. The van der Waals surface area contributed by atoms with Crippen molar-refractivity contribution >= 4 is 17.4 Å².